The lowest BCUT2D eigenvalue weighted by Crippen LogP contribution is -2.23. The van der Waals surface area contributed by atoms with Crippen LogP contribution in [0.3, 0.4) is 0 Å². The predicted molar refractivity (Wildman–Crippen MR) is 109 cm³/mol. The molecule has 3 aromatic heterocycles. The van der Waals surface area contributed by atoms with Crippen molar-refractivity contribution in [3.63, 3.8) is 0 Å². The number of nitrogens with zero attached hydrogens (tertiary/aromatic N) is 4. The molecule has 0 saturated carbocycles. The van der Waals surface area contributed by atoms with Crippen LogP contribution in [0.5, 0.6) is 11.6 Å². The molecule has 0 aromatic carbocycles. The molecule has 29 heavy (non-hydrogen) atoms. The van der Waals surface area contributed by atoms with Crippen molar-refractivity contribution in [2.24, 2.45) is 0 Å². The van der Waals surface area contributed by atoms with Gasteiger partial charge in [-0.2, -0.15) is 0 Å². The summed E-state index contributed by atoms with van der Waals surface area (Å²) in [6.07, 6.45) is 6.10. The Kier molecular flexibility index (Phi) is 4.88. The Hall–Kier alpha value is -3.48. The quantitative estimate of drug-likeness (QED) is 0.663. The van der Waals surface area contributed by atoms with E-state index in [0.717, 1.165) is 40.2 Å². The maximum atomic E-state index is 13.1. The molecule has 0 bridgehead atoms. The van der Waals surface area contributed by atoms with Gasteiger partial charge in [-0.15, -0.1) is 0 Å². The molecule has 1 amide bonds. The maximum Gasteiger partial charge on any atom is 0.260 e. The first-order valence-corrected chi connectivity index (χ1v) is 9.40. The summed E-state index contributed by atoms with van der Waals surface area (Å²) in [6.45, 7) is 4.41. The van der Waals surface area contributed by atoms with Gasteiger partial charge in [-0.25, -0.2) is 4.98 Å². The van der Waals surface area contributed by atoms with E-state index in [0.29, 0.717) is 23.7 Å². The Morgan fingerprint density at radius 2 is 1.93 bits per heavy atom. The van der Waals surface area contributed by atoms with Crippen molar-refractivity contribution in [3.05, 3.63) is 59.2 Å². The smallest absolute Gasteiger partial charge is 0.260 e. The van der Waals surface area contributed by atoms with Gasteiger partial charge in [0.15, 0.2) is 5.75 Å². The molecule has 148 valence electrons. The van der Waals surface area contributed by atoms with Crippen molar-refractivity contribution < 1.29 is 14.3 Å². The first-order chi connectivity index (χ1) is 14.0. The fraction of sp³-hybridized carbons (Fsp3) is 0.273. The number of aromatic nitrogens is 3. The summed E-state index contributed by atoms with van der Waals surface area (Å²) >= 11 is 0. The van der Waals surface area contributed by atoms with Crippen molar-refractivity contribution in [1.29, 1.82) is 0 Å². The fourth-order valence-electron chi connectivity index (χ4n) is 3.54. The van der Waals surface area contributed by atoms with Gasteiger partial charge >= 0.3 is 0 Å². The topological polar surface area (TPSA) is 77.4 Å². The van der Waals surface area contributed by atoms with Crippen molar-refractivity contribution in [2.75, 3.05) is 19.1 Å². The number of amides is 1. The number of anilines is 1. The Labute approximate surface area is 169 Å². The van der Waals surface area contributed by atoms with Crippen LogP contribution in [-0.4, -0.2) is 35.1 Å². The monoisotopic (exact) mass is 390 g/mol. The highest BCUT2D eigenvalue weighted by Gasteiger charge is 2.32. The SMILES string of the molecule is CCc1cncc(N2Cc3nc(-c4cnc(OC)c(OC)c4)cc(C)c3C2=O)c1. The second-order valence-corrected chi connectivity index (χ2v) is 6.88. The van der Waals surface area contributed by atoms with E-state index >= 15 is 0 Å². The number of carbonyl (C=O) groups excluding carboxylic acids is 1. The number of rotatable bonds is 5. The van der Waals surface area contributed by atoms with Crippen LogP contribution >= 0.6 is 0 Å². The van der Waals surface area contributed by atoms with Gasteiger partial charge in [-0.3, -0.25) is 14.8 Å². The lowest BCUT2D eigenvalue weighted by molar-refractivity contribution is 0.0996. The Bertz CT molecular complexity index is 1100. The summed E-state index contributed by atoms with van der Waals surface area (Å²) in [5.74, 6) is 0.904. The first kappa shape index (κ1) is 18.9. The highest BCUT2D eigenvalue weighted by Crippen LogP contribution is 2.34. The Balaban J connectivity index is 1.73. The molecule has 0 atom stereocenters. The molecule has 0 saturated heterocycles. The molecule has 1 aliphatic heterocycles. The highest BCUT2D eigenvalue weighted by atomic mass is 16.5. The van der Waals surface area contributed by atoms with Crippen LogP contribution < -0.4 is 14.4 Å². The minimum absolute atomic E-state index is 0.0444. The zero-order chi connectivity index (χ0) is 20.5. The number of pyridine rings is 3. The number of aryl methyl sites for hydroxylation is 2. The van der Waals surface area contributed by atoms with E-state index in [1.54, 1.807) is 31.5 Å². The zero-order valence-corrected chi connectivity index (χ0v) is 16.9. The third-order valence-corrected chi connectivity index (χ3v) is 5.09. The highest BCUT2D eigenvalue weighted by molar-refractivity contribution is 6.10. The van der Waals surface area contributed by atoms with E-state index in [2.05, 4.69) is 16.9 Å². The zero-order valence-electron chi connectivity index (χ0n) is 16.9. The van der Waals surface area contributed by atoms with Crippen molar-refractivity contribution >= 4 is 11.6 Å². The number of methoxy groups -OCH3 is 2. The molecule has 1 aliphatic rings. The minimum atomic E-state index is -0.0444. The molecule has 0 fully saturated rings. The normalized spacial score (nSPS) is 12.8. The van der Waals surface area contributed by atoms with Gasteiger partial charge in [0.2, 0.25) is 0 Å². The first-order valence-electron chi connectivity index (χ1n) is 9.40. The predicted octanol–water partition coefficient (Wildman–Crippen LogP) is 3.59. The van der Waals surface area contributed by atoms with Crippen LogP contribution in [0.4, 0.5) is 5.69 Å². The van der Waals surface area contributed by atoms with Crippen LogP contribution in [0, 0.1) is 6.92 Å². The minimum Gasteiger partial charge on any atom is -0.491 e. The van der Waals surface area contributed by atoms with Crippen LogP contribution in [0.25, 0.3) is 11.3 Å². The van der Waals surface area contributed by atoms with Crippen molar-refractivity contribution in [1.82, 2.24) is 15.0 Å². The van der Waals surface area contributed by atoms with Gasteiger partial charge in [0, 0.05) is 18.0 Å². The fourth-order valence-corrected chi connectivity index (χ4v) is 3.54. The van der Waals surface area contributed by atoms with Gasteiger partial charge in [0.25, 0.3) is 11.8 Å². The molecule has 4 heterocycles. The molecule has 3 aromatic rings. The maximum absolute atomic E-state index is 13.1. The molecular weight excluding hydrogens is 368 g/mol. The number of hydrogen-bond donors (Lipinski definition) is 0. The van der Waals surface area contributed by atoms with E-state index in [1.165, 1.54) is 0 Å². The van der Waals surface area contributed by atoms with E-state index in [-0.39, 0.29) is 5.91 Å². The van der Waals surface area contributed by atoms with E-state index in [9.17, 15) is 4.79 Å². The average molecular weight is 390 g/mol. The molecule has 4 rings (SSSR count). The average Bonchev–Trinajstić information content (AvgIpc) is 3.10. The largest absolute Gasteiger partial charge is 0.491 e. The van der Waals surface area contributed by atoms with Crippen LogP contribution in [0.2, 0.25) is 0 Å². The van der Waals surface area contributed by atoms with Crippen LogP contribution in [-0.2, 0) is 13.0 Å². The van der Waals surface area contributed by atoms with Crippen LogP contribution in [0.15, 0.2) is 36.8 Å². The van der Waals surface area contributed by atoms with Gasteiger partial charge in [0.05, 0.1) is 49.6 Å². The molecule has 0 radical (unpaired) electrons. The number of ether oxygens (including phenoxy) is 2. The molecule has 0 N–H and O–H groups in total. The number of carbonyl (C=O) groups is 1. The van der Waals surface area contributed by atoms with Gasteiger partial charge in [-0.05, 0) is 42.7 Å². The molecule has 0 unspecified atom stereocenters. The van der Waals surface area contributed by atoms with Crippen LogP contribution in [0.1, 0.15) is 34.1 Å². The van der Waals surface area contributed by atoms with Gasteiger partial charge < -0.3 is 14.4 Å². The summed E-state index contributed by atoms with van der Waals surface area (Å²) in [4.78, 5) is 28.1. The van der Waals surface area contributed by atoms with E-state index in [1.807, 2.05) is 31.3 Å². The molecular formula is C22H22N4O3. The third kappa shape index (κ3) is 3.29. The van der Waals surface area contributed by atoms with Crippen molar-refractivity contribution in [2.45, 2.75) is 26.8 Å². The van der Waals surface area contributed by atoms with Gasteiger partial charge in [0.1, 0.15) is 0 Å². The molecule has 0 aliphatic carbocycles. The third-order valence-electron chi connectivity index (χ3n) is 5.09. The summed E-state index contributed by atoms with van der Waals surface area (Å²) < 4.78 is 10.6. The van der Waals surface area contributed by atoms with Crippen molar-refractivity contribution in [3.8, 4) is 22.9 Å². The second-order valence-electron chi connectivity index (χ2n) is 6.88. The lowest BCUT2D eigenvalue weighted by Gasteiger charge is -2.15. The standard InChI is InChI=1S/C22H22N4O3/c1-5-14-7-16(11-23-9-14)26-12-18-20(22(26)27)13(2)6-17(25-18)15-8-19(28-3)21(29-4)24-10-15/h6-11H,5,12H2,1-4H3. The molecule has 0 spiro atoms. The summed E-state index contributed by atoms with van der Waals surface area (Å²) in [6, 6.07) is 5.75. The summed E-state index contributed by atoms with van der Waals surface area (Å²) in [5, 5.41) is 0. The second kappa shape index (κ2) is 7.50. The summed E-state index contributed by atoms with van der Waals surface area (Å²) in [7, 11) is 3.12. The molecule has 7 heteroatoms. The van der Waals surface area contributed by atoms with E-state index < -0.39 is 0 Å². The van der Waals surface area contributed by atoms with Gasteiger partial charge in [-0.1, -0.05) is 6.92 Å². The number of fused-ring (bicyclic) bond motifs is 1. The Morgan fingerprint density at radius 3 is 2.66 bits per heavy atom. The summed E-state index contributed by atoms with van der Waals surface area (Å²) in [5.41, 5.74) is 5.71. The number of hydrogen-bond acceptors (Lipinski definition) is 6. The Morgan fingerprint density at radius 1 is 1.10 bits per heavy atom. The lowest BCUT2D eigenvalue weighted by atomic mass is 10.0. The molecule has 7 nitrogen and oxygen atoms in total. The van der Waals surface area contributed by atoms with E-state index in [4.69, 9.17) is 14.5 Å².